The normalized spacial score (nSPS) is 28.2. The van der Waals surface area contributed by atoms with E-state index in [4.69, 9.17) is 9.84 Å². The number of nitrogens with zero attached hydrogens (tertiary/aromatic N) is 3. The monoisotopic (exact) mass is 251 g/mol. The lowest BCUT2D eigenvalue weighted by molar-refractivity contribution is -0.0551. The fourth-order valence-electron chi connectivity index (χ4n) is 2.80. The van der Waals surface area contributed by atoms with Gasteiger partial charge in [-0.25, -0.2) is 9.78 Å². The number of carboxylic acid groups (broad SMARTS) is 1. The topological polar surface area (TPSA) is 67.6 Å². The van der Waals surface area contributed by atoms with Crippen LogP contribution in [-0.4, -0.2) is 57.4 Å². The summed E-state index contributed by atoms with van der Waals surface area (Å²) in [6.07, 6.45) is 5.75. The number of carboxylic acids is 1. The van der Waals surface area contributed by atoms with Crippen LogP contribution in [0, 0.1) is 0 Å². The summed E-state index contributed by atoms with van der Waals surface area (Å²) >= 11 is 0. The summed E-state index contributed by atoms with van der Waals surface area (Å²) in [7, 11) is 0. The minimum atomic E-state index is -0.988. The quantitative estimate of drug-likeness (QED) is 0.844. The SMILES string of the molecule is O=C(O)c1cn(CC2CN3CCCC3CO2)cn1. The Morgan fingerprint density at radius 2 is 2.50 bits per heavy atom. The number of ether oxygens (including phenoxy) is 1. The summed E-state index contributed by atoms with van der Waals surface area (Å²) in [5.41, 5.74) is 0.0878. The fourth-order valence-corrected chi connectivity index (χ4v) is 2.80. The van der Waals surface area contributed by atoms with Crippen molar-refractivity contribution in [1.29, 1.82) is 0 Å². The molecule has 2 unspecified atom stereocenters. The average molecular weight is 251 g/mol. The molecular formula is C12H17N3O3. The van der Waals surface area contributed by atoms with Gasteiger partial charge < -0.3 is 14.4 Å². The third-order valence-corrected chi connectivity index (χ3v) is 3.73. The largest absolute Gasteiger partial charge is 0.476 e. The van der Waals surface area contributed by atoms with Crippen molar-refractivity contribution in [1.82, 2.24) is 14.5 Å². The number of hydrogen-bond acceptors (Lipinski definition) is 4. The van der Waals surface area contributed by atoms with Gasteiger partial charge in [0.25, 0.3) is 0 Å². The molecular weight excluding hydrogens is 234 g/mol. The maximum Gasteiger partial charge on any atom is 0.356 e. The Balaban J connectivity index is 1.60. The summed E-state index contributed by atoms with van der Waals surface area (Å²) in [5, 5.41) is 8.81. The zero-order chi connectivity index (χ0) is 12.5. The number of hydrogen-bond donors (Lipinski definition) is 1. The van der Waals surface area contributed by atoms with Crippen molar-refractivity contribution >= 4 is 5.97 Å². The highest BCUT2D eigenvalue weighted by Crippen LogP contribution is 2.23. The molecule has 98 valence electrons. The van der Waals surface area contributed by atoms with Gasteiger partial charge in [-0.15, -0.1) is 0 Å². The molecule has 3 heterocycles. The first-order valence-corrected chi connectivity index (χ1v) is 6.33. The van der Waals surface area contributed by atoms with Crippen molar-refractivity contribution in [3.63, 3.8) is 0 Å². The van der Waals surface area contributed by atoms with E-state index in [1.54, 1.807) is 17.1 Å². The number of morpholine rings is 1. The highest BCUT2D eigenvalue weighted by Gasteiger charge is 2.32. The van der Waals surface area contributed by atoms with Crippen molar-refractivity contribution < 1.29 is 14.6 Å². The first-order valence-electron chi connectivity index (χ1n) is 6.33. The van der Waals surface area contributed by atoms with E-state index in [-0.39, 0.29) is 11.8 Å². The molecule has 0 spiro atoms. The van der Waals surface area contributed by atoms with E-state index < -0.39 is 5.97 Å². The minimum Gasteiger partial charge on any atom is -0.476 e. The molecule has 2 aliphatic heterocycles. The molecule has 6 nitrogen and oxygen atoms in total. The summed E-state index contributed by atoms with van der Waals surface area (Å²) < 4.78 is 7.62. The van der Waals surface area contributed by atoms with E-state index in [0.29, 0.717) is 12.6 Å². The zero-order valence-electron chi connectivity index (χ0n) is 10.2. The summed E-state index contributed by atoms with van der Waals surface area (Å²) in [6.45, 7) is 3.56. The zero-order valence-corrected chi connectivity index (χ0v) is 10.2. The number of imidazole rings is 1. The molecule has 2 aliphatic rings. The predicted molar refractivity (Wildman–Crippen MR) is 63.5 cm³/mol. The van der Waals surface area contributed by atoms with Crippen molar-refractivity contribution in [2.24, 2.45) is 0 Å². The molecule has 0 amide bonds. The second-order valence-electron chi connectivity index (χ2n) is 5.01. The molecule has 0 saturated carbocycles. The molecule has 2 saturated heterocycles. The van der Waals surface area contributed by atoms with Crippen molar-refractivity contribution in [3.8, 4) is 0 Å². The molecule has 1 N–H and O–H groups in total. The first-order chi connectivity index (χ1) is 8.72. The number of aromatic carboxylic acids is 1. The maximum atomic E-state index is 10.7. The Kier molecular flexibility index (Phi) is 3.05. The molecule has 2 fully saturated rings. The van der Waals surface area contributed by atoms with Gasteiger partial charge in [0, 0.05) is 18.8 Å². The Hall–Kier alpha value is -1.40. The highest BCUT2D eigenvalue weighted by molar-refractivity contribution is 5.84. The van der Waals surface area contributed by atoms with E-state index in [2.05, 4.69) is 9.88 Å². The molecule has 0 aromatic carbocycles. The van der Waals surface area contributed by atoms with Crippen LogP contribution in [0.2, 0.25) is 0 Å². The van der Waals surface area contributed by atoms with Crippen LogP contribution < -0.4 is 0 Å². The van der Waals surface area contributed by atoms with Gasteiger partial charge in [0.1, 0.15) is 0 Å². The van der Waals surface area contributed by atoms with Gasteiger partial charge in [-0.05, 0) is 19.4 Å². The molecule has 3 rings (SSSR count). The minimum absolute atomic E-state index is 0.0878. The van der Waals surface area contributed by atoms with Crippen LogP contribution in [0.25, 0.3) is 0 Å². The maximum absolute atomic E-state index is 10.7. The Morgan fingerprint density at radius 3 is 3.28 bits per heavy atom. The van der Waals surface area contributed by atoms with Gasteiger partial charge in [-0.1, -0.05) is 0 Å². The first kappa shape index (κ1) is 11.7. The van der Waals surface area contributed by atoms with Crippen molar-refractivity contribution in [3.05, 3.63) is 18.2 Å². The predicted octanol–water partition coefficient (Wildman–Crippen LogP) is 0.444. The van der Waals surface area contributed by atoms with Gasteiger partial charge >= 0.3 is 5.97 Å². The second kappa shape index (κ2) is 4.70. The number of rotatable bonds is 3. The van der Waals surface area contributed by atoms with Crippen molar-refractivity contribution in [2.75, 3.05) is 19.7 Å². The third-order valence-electron chi connectivity index (χ3n) is 3.73. The van der Waals surface area contributed by atoms with E-state index in [1.807, 2.05) is 0 Å². The van der Waals surface area contributed by atoms with Crippen LogP contribution in [0.4, 0.5) is 0 Å². The van der Waals surface area contributed by atoms with E-state index in [9.17, 15) is 4.79 Å². The summed E-state index contributed by atoms with van der Waals surface area (Å²) in [5.74, 6) is -0.988. The van der Waals surface area contributed by atoms with Crippen LogP contribution in [0.15, 0.2) is 12.5 Å². The number of fused-ring (bicyclic) bond motifs is 1. The number of carbonyl (C=O) groups is 1. The van der Waals surface area contributed by atoms with Gasteiger partial charge in [0.05, 0.1) is 25.6 Å². The Bertz CT molecular complexity index is 446. The van der Waals surface area contributed by atoms with Crippen LogP contribution in [-0.2, 0) is 11.3 Å². The molecule has 18 heavy (non-hydrogen) atoms. The molecule has 6 heteroatoms. The average Bonchev–Trinajstić information content (AvgIpc) is 2.96. The van der Waals surface area contributed by atoms with Gasteiger partial charge in [-0.2, -0.15) is 0 Å². The lowest BCUT2D eigenvalue weighted by Crippen LogP contribution is -2.47. The van der Waals surface area contributed by atoms with Gasteiger partial charge in [-0.3, -0.25) is 4.90 Å². The Morgan fingerprint density at radius 1 is 1.61 bits per heavy atom. The van der Waals surface area contributed by atoms with Crippen molar-refractivity contribution in [2.45, 2.75) is 31.5 Å². The van der Waals surface area contributed by atoms with Gasteiger partial charge in [0.2, 0.25) is 0 Å². The molecule has 2 atom stereocenters. The molecule has 1 aromatic heterocycles. The molecule has 1 aromatic rings. The summed E-state index contributed by atoms with van der Waals surface area (Å²) in [4.78, 5) is 17.1. The molecule has 0 radical (unpaired) electrons. The van der Waals surface area contributed by atoms with Crippen LogP contribution in [0.5, 0.6) is 0 Å². The summed E-state index contributed by atoms with van der Waals surface area (Å²) in [6, 6.07) is 0.596. The van der Waals surface area contributed by atoms with E-state index in [0.717, 1.165) is 19.7 Å². The fraction of sp³-hybridized carbons (Fsp3) is 0.667. The smallest absolute Gasteiger partial charge is 0.356 e. The van der Waals surface area contributed by atoms with E-state index >= 15 is 0 Å². The van der Waals surface area contributed by atoms with Crippen LogP contribution in [0.1, 0.15) is 23.3 Å². The number of aromatic nitrogens is 2. The standard InChI is InChI=1S/C12H17N3O3/c16-12(17)11-6-14(8-13-11)4-10-5-15-3-1-2-9(15)7-18-10/h6,8-10H,1-5,7H2,(H,16,17). The van der Waals surface area contributed by atoms with Gasteiger partial charge in [0.15, 0.2) is 5.69 Å². The lowest BCUT2D eigenvalue weighted by atomic mass is 10.2. The van der Waals surface area contributed by atoms with E-state index in [1.165, 1.54) is 12.8 Å². The Labute approximate surface area is 105 Å². The highest BCUT2D eigenvalue weighted by atomic mass is 16.5. The second-order valence-corrected chi connectivity index (χ2v) is 5.01. The molecule has 0 bridgehead atoms. The van der Waals surface area contributed by atoms with Crippen LogP contribution >= 0.6 is 0 Å². The lowest BCUT2D eigenvalue weighted by Gasteiger charge is -2.35. The van der Waals surface area contributed by atoms with Crippen LogP contribution in [0.3, 0.4) is 0 Å². The molecule has 0 aliphatic carbocycles. The third kappa shape index (κ3) is 2.26.